The number of aromatic nitrogens is 2. The molecule has 0 unspecified atom stereocenters. The van der Waals surface area contributed by atoms with Crippen LogP contribution in [0.4, 0.5) is 13.2 Å². The zero-order valence-electron chi connectivity index (χ0n) is 12.0. The van der Waals surface area contributed by atoms with E-state index in [-0.39, 0.29) is 24.4 Å². The Kier molecular flexibility index (Phi) is 4.85. The first kappa shape index (κ1) is 16.1. The Labute approximate surface area is 126 Å². The Morgan fingerprint density at radius 2 is 2.05 bits per heavy atom. The molecule has 1 N–H and O–H groups in total. The topological polar surface area (TPSA) is 46.9 Å². The van der Waals surface area contributed by atoms with Crippen LogP contribution in [0.15, 0.2) is 36.8 Å². The third kappa shape index (κ3) is 4.09. The van der Waals surface area contributed by atoms with Gasteiger partial charge in [-0.1, -0.05) is 18.2 Å². The molecule has 1 amide bonds. The number of hydrogen-bond acceptors (Lipinski definition) is 2. The molecule has 1 aromatic carbocycles. The van der Waals surface area contributed by atoms with Crippen molar-refractivity contribution in [1.82, 2.24) is 14.9 Å². The zero-order valence-corrected chi connectivity index (χ0v) is 12.0. The fourth-order valence-electron chi connectivity index (χ4n) is 2.10. The SMILES string of the molecule is Cn1cncc1CCC(=O)NCc1ccccc1C(F)(F)F. The van der Waals surface area contributed by atoms with Crippen LogP contribution in [-0.2, 0) is 31.0 Å². The number of nitrogens with zero attached hydrogens (tertiary/aromatic N) is 2. The first-order valence-electron chi connectivity index (χ1n) is 6.75. The molecule has 0 saturated carbocycles. The summed E-state index contributed by atoms with van der Waals surface area (Å²) in [7, 11) is 1.82. The highest BCUT2D eigenvalue weighted by Crippen LogP contribution is 2.31. The number of amides is 1. The average molecular weight is 311 g/mol. The minimum Gasteiger partial charge on any atom is -0.352 e. The van der Waals surface area contributed by atoms with Crippen molar-refractivity contribution in [2.45, 2.75) is 25.6 Å². The molecule has 0 bridgehead atoms. The van der Waals surface area contributed by atoms with Crippen molar-refractivity contribution < 1.29 is 18.0 Å². The molecule has 0 fully saturated rings. The summed E-state index contributed by atoms with van der Waals surface area (Å²) < 4.78 is 40.3. The Balaban J connectivity index is 1.90. The normalized spacial score (nSPS) is 11.5. The molecule has 1 aromatic heterocycles. The number of benzene rings is 1. The Morgan fingerprint density at radius 3 is 2.68 bits per heavy atom. The number of hydrogen-bond donors (Lipinski definition) is 1. The first-order valence-corrected chi connectivity index (χ1v) is 6.75. The number of alkyl halides is 3. The van der Waals surface area contributed by atoms with Crippen LogP contribution in [0.3, 0.4) is 0 Å². The van der Waals surface area contributed by atoms with Gasteiger partial charge in [-0.25, -0.2) is 4.98 Å². The molecule has 0 aliphatic carbocycles. The van der Waals surface area contributed by atoms with Gasteiger partial charge in [0.1, 0.15) is 0 Å². The van der Waals surface area contributed by atoms with Gasteiger partial charge in [0.15, 0.2) is 0 Å². The van der Waals surface area contributed by atoms with Gasteiger partial charge in [-0.2, -0.15) is 13.2 Å². The summed E-state index contributed by atoms with van der Waals surface area (Å²) in [5.41, 5.74) is 0.233. The Bertz CT molecular complexity index is 649. The predicted molar refractivity (Wildman–Crippen MR) is 74.8 cm³/mol. The maximum absolute atomic E-state index is 12.8. The average Bonchev–Trinajstić information content (AvgIpc) is 2.87. The molecule has 22 heavy (non-hydrogen) atoms. The number of aryl methyl sites for hydroxylation is 2. The summed E-state index contributed by atoms with van der Waals surface area (Å²) >= 11 is 0. The van der Waals surface area contributed by atoms with E-state index in [2.05, 4.69) is 10.3 Å². The van der Waals surface area contributed by atoms with Crippen molar-refractivity contribution in [3.63, 3.8) is 0 Å². The maximum Gasteiger partial charge on any atom is 0.416 e. The molecule has 4 nitrogen and oxygen atoms in total. The molecular formula is C15H16F3N3O. The summed E-state index contributed by atoms with van der Waals surface area (Å²) in [6, 6.07) is 5.23. The van der Waals surface area contributed by atoms with E-state index in [0.29, 0.717) is 6.42 Å². The molecule has 0 aliphatic heterocycles. The lowest BCUT2D eigenvalue weighted by Crippen LogP contribution is -2.24. The summed E-state index contributed by atoms with van der Waals surface area (Å²) in [4.78, 5) is 15.7. The summed E-state index contributed by atoms with van der Waals surface area (Å²) in [5.74, 6) is -0.293. The van der Waals surface area contributed by atoms with Crippen LogP contribution < -0.4 is 5.32 Å². The third-order valence-corrected chi connectivity index (χ3v) is 3.32. The third-order valence-electron chi connectivity index (χ3n) is 3.32. The highest BCUT2D eigenvalue weighted by Gasteiger charge is 2.32. The lowest BCUT2D eigenvalue weighted by molar-refractivity contribution is -0.138. The first-order chi connectivity index (χ1) is 10.4. The molecule has 0 aliphatic rings. The highest BCUT2D eigenvalue weighted by atomic mass is 19.4. The van der Waals surface area contributed by atoms with Crippen LogP contribution >= 0.6 is 0 Å². The summed E-state index contributed by atoms with van der Waals surface area (Å²) in [6.45, 7) is -0.139. The van der Waals surface area contributed by atoms with E-state index >= 15 is 0 Å². The van der Waals surface area contributed by atoms with Crippen molar-refractivity contribution in [2.24, 2.45) is 7.05 Å². The van der Waals surface area contributed by atoms with E-state index in [4.69, 9.17) is 0 Å². The minimum absolute atomic E-state index is 0.0592. The fraction of sp³-hybridized carbons (Fsp3) is 0.333. The Morgan fingerprint density at radius 1 is 1.32 bits per heavy atom. The number of nitrogens with one attached hydrogen (secondary N) is 1. The van der Waals surface area contributed by atoms with Crippen LogP contribution in [0.1, 0.15) is 23.2 Å². The summed E-state index contributed by atoms with van der Waals surface area (Å²) in [5, 5.41) is 2.52. The van der Waals surface area contributed by atoms with Crippen molar-refractivity contribution in [2.75, 3.05) is 0 Å². The second-order valence-corrected chi connectivity index (χ2v) is 4.93. The lowest BCUT2D eigenvalue weighted by atomic mass is 10.1. The van der Waals surface area contributed by atoms with Crippen LogP contribution in [0.5, 0.6) is 0 Å². The van der Waals surface area contributed by atoms with Crippen molar-refractivity contribution in [3.05, 3.63) is 53.6 Å². The van der Waals surface area contributed by atoms with Crippen molar-refractivity contribution >= 4 is 5.91 Å². The number of carbonyl (C=O) groups excluding carboxylic acids is 1. The number of halogens is 3. The molecule has 0 spiro atoms. The van der Waals surface area contributed by atoms with Gasteiger partial charge >= 0.3 is 6.18 Å². The van der Waals surface area contributed by atoms with Gasteiger partial charge in [0.2, 0.25) is 5.91 Å². The van der Waals surface area contributed by atoms with Crippen LogP contribution in [0.25, 0.3) is 0 Å². The molecule has 118 valence electrons. The van der Waals surface area contributed by atoms with Crippen molar-refractivity contribution in [3.8, 4) is 0 Å². The van der Waals surface area contributed by atoms with E-state index < -0.39 is 11.7 Å². The van der Waals surface area contributed by atoms with E-state index in [1.807, 2.05) is 7.05 Å². The van der Waals surface area contributed by atoms with Crippen LogP contribution in [-0.4, -0.2) is 15.5 Å². The van der Waals surface area contributed by atoms with Gasteiger partial charge < -0.3 is 9.88 Å². The molecule has 2 aromatic rings. The largest absolute Gasteiger partial charge is 0.416 e. The molecular weight excluding hydrogens is 295 g/mol. The predicted octanol–water partition coefficient (Wildman–Crippen LogP) is 2.69. The molecule has 1 heterocycles. The van der Waals surface area contributed by atoms with Gasteiger partial charge in [-0.15, -0.1) is 0 Å². The smallest absolute Gasteiger partial charge is 0.352 e. The standard InChI is InChI=1S/C15H16F3N3O/c1-21-10-19-9-12(21)6-7-14(22)20-8-11-4-2-3-5-13(11)15(16,17)18/h2-5,9-10H,6-8H2,1H3,(H,20,22). The van der Waals surface area contributed by atoms with Gasteiger partial charge in [0.25, 0.3) is 0 Å². The molecule has 7 heteroatoms. The molecule has 0 atom stereocenters. The van der Waals surface area contributed by atoms with E-state index in [1.54, 1.807) is 17.1 Å². The van der Waals surface area contributed by atoms with Gasteiger partial charge in [-0.05, 0) is 18.1 Å². The monoisotopic (exact) mass is 311 g/mol. The second-order valence-electron chi connectivity index (χ2n) is 4.93. The zero-order chi connectivity index (χ0) is 16.2. The molecule has 0 radical (unpaired) electrons. The van der Waals surface area contributed by atoms with Gasteiger partial charge in [-0.3, -0.25) is 4.79 Å². The van der Waals surface area contributed by atoms with E-state index in [9.17, 15) is 18.0 Å². The lowest BCUT2D eigenvalue weighted by Gasteiger charge is -2.13. The fourth-order valence-corrected chi connectivity index (χ4v) is 2.10. The maximum atomic E-state index is 12.8. The van der Waals surface area contributed by atoms with Gasteiger partial charge in [0.05, 0.1) is 11.9 Å². The number of imidazole rings is 1. The number of carbonyl (C=O) groups is 1. The Hall–Kier alpha value is -2.31. The molecule has 0 saturated heterocycles. The van der Waals surface area contributed by atoms with E-state index in [1.165, 1.54) is 18.2 Å². The van der Waals surface area contributed by atoms with Crippen LogP contribution in [0, 0.1) is 0 Å². The van der Waals surface area contributed by atoms with Gasteiger partial charge in [0, 0.05) is 31.9 Å². The quantitative estimate of drug-likeness (QED) is 0.923. The molecule has 2 rings (SSSR count). The minimum atomic E-state index is -4.42. The second kappa shape index (κ2) is 6.64. The summed E-state index contributed by atoms with van der Waals surface area (Å²) in [6.07, 6.45) is -0.438. The van der Waals surface area contributed by atoms with Crippen molar-refractivity contribution in [1.29, 1.82) is 0 Å². The van der Waals surface area contributed by atoms with Crippen LogP contribution in [0.2, 0.25) is 0 Å². The van der Waals surface area contributed by atoms with E-state index in [0.717, 1.165) is 11.8 Å². The highest BCUT2D eigenvalue weighted by molar-refractivity contribution is 5.76. The number of rotatable bonds is 5.